The van der Waals surface area contributed by atoms with Gasteiger partial charge in [0.15, 0.2) is 0 Å². The van der Waals surface area contributed by atoms with E-state index in [1.165, 1.54) is 12.1 Å². The first kappa shape index (κ1) is 27.5. The lowest BCUT2D eigenvalue weighted by molar-refractivity contribution is -0.139. The lowest BCUT2D eigenvalue weighted by atomic mass is 9.77. The molecule has 212 valence electrons. The van der Waals surface area contributed by atoms with E-state index in [1.54, 1.807) is 30.3 Å². The summed E-state index contributed by atoms with van der Waals surface area (Å²) in [4.78, 5) is 31.2. The molecule has 1 N–H and O–H groups in total. The van der Waals surface area contributed by atoms with E-state index in [9.17, 15) is 35.9 Å². The zero-order valence-corrected chi connectivity index (χ0v) is 20.7. The van der Waals surface area contributed by atoms with Crippen LogP contribution >= 0.6 is 0 Å². The number of hydrogen-bond donors (Lipinski definition) is 1. The summed E-state index contributed by atoms with van der Waals surface area (Å²) in [5.74, 6) is -6.94. The van der Waals surface area contributed by atoms with Crippen molar-refractivity contribution in [2.75, 3.05) is 6.54 Å². The van der Waals surface area contributed by atoms with Gasteiger partial charge in [-0.05, 0) is 28.0 Å². The molecule has 3 aromatic rings. The average molecular weight is 567 g/mol. The number of hydrogen-bond acceptors (Lipinski definition) is 6. The molecule has 1 saturated heterocycles. The number of nitrogens with zero attached hydrogens (tertiary/aromatic N) is 6. The van der Waals surface area contributed by atoms with Gasteiger partial charge >= 0.3 is 0 Å². The molecule has 1 saturated carbocycles. The Labute approximate surface area is 223 Å². The Morgan fingerprint density at radius 3 is 2.48 bits per heavy atom. The molecule has 3 heterocycles. The Kier molecular flexibility index (Phi) is 7.47. The van der Waals surface area contributed by atoms with E-state index in [1.807, 2.05) is 0 Å². The van der Waals surface area contributed by atoms with Crippen LogP contribution in [-0.2, 0) is 16.1 Å². The van der Waals surface area contributed by atoms with Crippen LogP contribution in [0.1, 0.15) is 60.3 Å². The number of aromatic nitrogens is 5. The van der Waals surface area contributed by atoms with Gasteiger partial charge in [-0.1, -0.05) is 36.4 Å². The number of amides is 2. The molecule has 2 amide bonds. The molecule has 0 radical (unpaired) electrons. The number of halogens is 6. The van der Waals surface area contributed by atoms with E-state index in [-0.39, 0.29) is 17.7 Å². The zero-order valence-electron chi connectivity index (χ0n) is 20.7. The summed E-state index contributed by atoms with van der Waals surface area (Å²) in [6, 6.07) is 8.79. The molecule has 0 bridgehead atoms. The second kappa shape index (κ2) is 10.8. The highest BCUT2D eigenvalue weighted by atomic mass is 19.3. The lowest BCUT2D eigenvalue weighted by Crippen LogP contribution is -2.48. The summed E-state index contributed by atoms with van der Waals surface area (Å²) in [7, 11) is 0. The van der Waals surface area contributed by atoms with Gasteiger partial charge in [0.1, 0.15) is 18.8 Å². The van der Waals surface area contributed by atoms with Crippen molar-refractivity contribution in [3.63, 3.8) is 0 Å². The van der Waals surface area contributed by atoms with Gasteiger partial charge in [-0.15, -0.1) is 5.10 Å². The first-order valence-electron chi connectivity index (χ1n) is 12.4. The number of rotatable bonds is 8. The van der Waals surface area contributed by atoms with Gasteiger partial charge in [0, 0.05) is 24.8 Å². The van der Waals surface area contributed by atoms with E-state index >= 15 is 0 Å². The zero-order chi connectivity index (χ0) is 28.6. The Bertz CT molecular complexity index is 1380. The molecule has 0 unspecified atom stereocenters. The molecule has 15 heteroatoms. The van der Waals surface area contributed by atoms with Crippen LogP contribution in [0, 0.1) is 5.95 Å². The van der Waals surface area contributed by atoms with Crippen molar-refractivity contribution in [3.05, 3.63) is 71.1 Å². The highest BCUT2D eigenvalue weighted by Crippen LogP contribution is 2.48. The molecule has 5 rings (SSSR count). The summed E-state index contributed by atoms with van der Waals surface area (Å²) >= 11 is 0. The maximum Gasteiger partial charge on any atom is 0.298 e. The quantitative estimate of drug-likeness (QED) is 0.330. The maximum atomic E-state index is 14.9. The second-order valence-corrected chi connectivity index (χ2v) is 9.82. The lowest BCUT2D eigenvalue weighted by Gasteiger charge is -2.35. The molecule has 0 spiro atoms. The van der Waals surface area contributed by atoms with Crippen LogP contribution in [0.3, 0.4) is 0 Å². The fraction of sp³-hybridized carbons (Fsp3) is 0.440. The van der Waals surface area contributed by atoms with Crippen LogP contribution in [0.25, 0.3) is 0 Å². The second-order valence-electron chi connectivity index (χ2n) is 9.82. The van der Waals surface area contributed by atoms with Crippen molar-refractivity contribution in [1.82, 2.24) is 35.4 Å². The largest absolute Gasteiger partial charge is 0.342 e. The monoisotopic (exact) mass is 567 g/mol. The van der Waals surface area contributed by atoms with Gasteiger partial charge < -0.3 is 10.2 Å². The van der Waals surface area contributed by atoms with E-state index in [2.05, 4.69) is 25.8 Å². The minimum atomic E-state index is -3.05. The Balaban J connectivity index is 1.36. The van der Waals surface area contributed by atoms with Crippen molar-refractivity contribution in [2.24, 2.45) is 0 Å². The summed E-state index contributed by atoms with van der Waals surface area (Å²) in [5.41, 5.74) is 0.606. The van der Waals surface area contributed by atoms with Crippen molar-refractivity contribution in [1.29, 1.82) is 0 Å². The molecule has 2 aromatic heterocycles. The van der Waals surface area contributed by atoms with Crippen LogP contribution in [0.5, 0.6) is 0 Å². The molecule has 3 atom stereocenters. The average Bonchev–Trinajstić information content (AvgIpc) is 3.53. The molecular weight excluding hydrogens is 544 g/mol. The van der Waals surface area contributed by atoms with E-state index < -0.39 is 86.0 Å². The summed E-state index contributed by atoms with van der Waals surface area (Å²) < 4.78 is 82.8. The van der Waals surface area contributed by atoms with Crippen molar-refractivity contribution >= 4 is 11.8 Å². The predicted molar refractivity (Wildman–Crippen MR) is 125 cm³/mol. The topological polar surface area (TPSA) is 106 Å². The molecular formula is C25H23F6N7O2. The molecule has 1 aliphatic heterocycles. The normalized spacial score (nSPS) is 21.3. The Hall–Kier alpha value is -4.04. The van der Waals surface area contributed by atoms with Crippen LogP contribution in [-0.4, -0.2) is 66.6 Å². The Morgan fingerprint density at radius 1 is 1.10 bits per heavy atom. The molecule has 9 nitrogen and oxygen atoms in total. The molecule has 2 aliphatic rings. The fourth-order valence-corrected chi connectivity index (χ4v) is 5.03. The van der Waals surface area contributed by atoms with Crippen LogP contribution < -0.4 is 5.32 Å². The number of nitrogens with one attached hydrogen (secondary N) is 1. The van der Waals surface area contributed by atoms with Gasteiger partial charge in [-0.25, -0.2) is 31.6 Å². The standard InChI is InChI=1S/C25H23F6N7O2/c26-15-8-18(37(11-15)19(39)12-38-23(21(27)28)34-35-36-38)24(40)33-20(13-4-2-1-3-5-13)17-7-6-16(22(29)32-17)14-9-25(30,31)10-14/h1-7,14-15,18,20-21H,8-12H2,(H,33,40)/t15-,18+,20+/m1/s1. The fourth-order valence-electron chi connectivity index (χ4n) is 5.03. The van der Waals surface area contributed by atoms with Gasteiger partial charge in [-0.2, -0.15) is 4.39 Å². The molecule has 1 aromatic carbocycles. The number of pyridine rings is 1. The molecule has 2 fully saturated rings. The van der Waals surface area contributed by atoms with Gasteiger partial charge in [-0.3, -0.25) is 9.59 Å². The third-order valence-electron chi connectivity index (χ3n) is 7.06. The number of alkyl halides is 5. The number of benzene rings is 1. The van der Waals surface area contributed by atoms with Crippen molar-refractivity contribution in [3.8, 4) is 0 Å². The summed E-state index contributed by atoms with van der Waals surface area (Å²) in [5, 5.41) is 12.3. The highest BCUT2D eigenvalue weighted by molar-refractivity contribution is 5.88. The first-order valence-corrected chi connectivity index (χ1v) is 12.4. The third kappa shape index (κ3) is 5.63. The predicted octanol–water partition coefficient (Wildman–Crippen LogP) is 3.50. The number of carbonyl (C=O) groups is 2. The van der Waals surface area contributed by atoms with E-state index in [0.717, 1.165) is 4.90 Å². The van der Waals surface area contributed by atoms with E-state index in [4.69, 9.17) is 0 Å². The van der Waals surface area contributed by atoms with Gasteiger partial charge in [0.25, 0.3) is 6.43 Å². The number of carbonyl (C=O) groups excluding carboxylic acids is 2. The van der Waals surface area contributed by atoms with Crippen LogP contribution in [0.4, 0.5) is 26.3 Å². The highest BCUT2D eigenvalue weighted by Gasteiger charge is 2.47. The minimum Gasteiger partial charge on any atom is -0.342 e. The molecule has 1 aliphatic carbocycles. The van der Waals surface area contributed by atoms with Crippen molar-refractivity contribution < 1.29 is 35.9 Å². The molecule has 40 heavy (non-hydrogen) atoms. The van der Waals surface area contributed by atoms with Gasteiger partial charge in [0.2, 0.25) is 29.5 Å². The van der Waals surface area contributed by atoms with Crippen LogP contribution in [0.15, 0.2) is 42.5 Å². The Morgan fingerprint density at radius 2 is 1.82 bits per heavy atom. The first-order chi connectivity index (χ1) is 19.0. The maximum absolute atomic E-state index is 14.9. The van der Waals surface area contributed by atoms with Crippen molar-refractivity contribution in [2.45, 2.75) is 62.3 Å². The summed E-state index contributed by atoms with van der Waals surface area (Å²) in [6.45, 7) is -1.19. The smallest absolute Gasteiger partial charge is 0.298 e. The SMILES string of the molecule is O=C(N[C@@H](c1ccccc1)c1ccc(C2CC(F)(F)C2)c(F)n1)[C@@H]1C[C@@H](F)CN1C(=O)Cn1nnnc1C(F)F. The number of tetrazole rings is 1. The van der Waals surface area contributed by atoms with E-state index in [0.29, 0.717) is 10.2 Å². The summed E-state index contributed by atoms with van der Waals surface area (Å²) in [6.07, 6.45) is -5.94. The minimum absolute atomic E-state index is 0.0476. The number of likely N-dealkylation sites (tertiary alicyclic amines) is 1. The third-order valence-corrected chi connectivity index (χ3v) is 7.06. The van der Waals surface area contributed by atoms with Gasteiger partial charge in [0.05, 0.1) is 18.3 Å². The van der Waals surface area contributed by atoms with Crippen LogP contribution in [0.2, 0.25) is 0 Å².